The van der Waals surface area contributed by atoms with E-state index >= 15 is 0 Å². The summed E-state index contributed by atoms with van der Waals surface area (Å²) < 4.78 is 16.4. The first kappa shape index (κ1) is 18.5. The quantitative estimate of drug-likeness (QED) is 0.811. The van der Waals surface area contributed by atoms with Crippen molar-refractivity contribution in [2.75, 3.05) is 27.9 Å². The molecule has 0 aliphatic carbocycles. The molecule has 0 bridgehead atoms. The highest BCUT2D eigenvalue weighted by molar-refractivity contribution is 5.49. The van der Waals surface area contributed by atoms with Gasteiger partial charge in [-0.2, -0.15) is 0 Å². The minimum atomic E-state index is 0.285. The van der Waals surface area contributed by atoms with Crippen LogP contribution in [0, 0.1) is 0 Å². The van der Waals surface area contributed by atoms with E-state index in [9.17, 15) is 0 Å². The van der Waals surface area contributed by atoms with Crippen molar-refractivity contribution in [2.45, 2.75) is 32.0 Å². The Hall–Kier alpha value is -2.24. The minimum Gasteiger partial charge on any atom is -0.497 e. The molecule has 1 heterocycles. The van der Waals surface area contributed by atoms with Gasteiger partial charge in [-0.15, -0.1) is 0 Å². The van der Waals surface area contributed by atoms with Gasteiger partial charge in [0, 0.05) is 17.5 Å². The molecule has 4 N–H and O–H groups in total. The van der Waals surface area contributed by atoms with Gasteiger partial charge in [0.1, 0.15) is 18.3 Å². The maximum atomic E-state index is 5.54. The second-order valence-corrected chi connectivity index (χ2v) is 7.05. The summed E-state index contributed by atoms with van der Waals surface area (Å²) in [5.74, 6) is 2.50. The zero-order chi connectivity index (χ0) is 18.7. The maximum absolute atomic E-state index is 5.54. The topological polar surface area (TPSA) is 59.8 Å². The van der Waals surface area contributed by atoms with Crippen molar-refractivity contribution in [1.29, 1.82) is 0 Å². The summed E-state index contributed by atoms with van der Waals surface area (Å²) >= 11 is 0. The van der Waals surface area contributed by atoms with E-state index in [1.807, 2.05) is 6.07 Å². The molecule has 0 aromatic heterocycles. The number of rotatable bonds is 6. The molecule has 3 rings (SSSR count). The maximum Gasteiger partial charge on any atom is 0.166 e. The predicted molar refractivity (Wildman–Crippen MR) is 101 cm³/mol. The Morgan fingerprint density at radius 1 is 1.08 bits per heavy atom. The summed E-state index contributed by atoms with van der Waals surface area (Å²) in [5, 5.41) is 0. The molecular formula is C21H30N2O3+2. The SMILES string of the molecule is COc1cccc(C[NH+]2CCc3cc(OC)c(OC)cc3[C@@H]2[C@H](C)[NH3+])c1. The first-order valence-corrected chi connectivity index (χ1v) is 9.12. The van der Waals surface area contributed by atoms with E-state index < -0.39 is 0 Å². The lowest BCUT2D eigenvalue weighted by atomic mass is 9.88. The molecule has 3 atom stereocenters. The zero-order valence-electron chi connectivity index (χ0n) is 16.2. The van der Waals surface area contributed by atoms with Gasteiger partial charge in [0.25, 0.3) is 0 Å². The highest BCUT2D eigenvalue weighted by atomic mass is 16.5. The first-order chi connectivity index (χ1) is 12.6. The monoisotopic (exact) mass is 358 g/mol. The second kappa shape index (κ2) is 7.98. The van der Waals surface area contributed by atoms with E-state index in [4.69, 9.17) is 14.2 Å². The lowest BCUT2D eigenvalue weighted by Gasteiger charge is -2.35. The third-order valence-electron chi connectivity index (χ3n) is 5.27. The van der Waals surface area contributed by atoms with Gasteiger partial charge in [0.05, 0.1) is 27.9 Å². The number of nitrogens with one attached hydrogen (secondary N) is 1. The fourth-order valence-electron chi connectivity index (χ4n) is 4.07. The van der Waals surface area contributed by atoms with Crippen molar-refractivity contribution in [2.24, 2.45) is 0 Å². The highest BCUT2D eigenvalue weighted by Crippen LogP contribution is 2.34. The summed E-state index contributed by atoms with van der Waals surface area (Å²) in [6.45, 7) is 4.22. The molecule has 5 nitrogen and oxygen atoms in total. The van der Waals surface area contributed by atoms with Gasteiger partial charge in [-0.1, -0.05) is 12.1 Å². The van der Waals surface area contributed by atoms with Crippen LogP contribution in [0.25, 0.3) is 0 Å². The third-order valence-corrected chi connectivity index (χ3v) is 5.27. The van der Waals surface area contributed by atoms with Gasteiger partial charge in [-0.25, -0.2) is 0 Å². The van der Waals surface area contributed by atoms with Crippen molar-refractivity contribution < 1.29 is 24.8 Å². The molecule has 0 radical (unpaired) electrons. The fourth-order valence-corrected chi connectivity index (χ4v) is 4.07. The average molecular weight is 358 g/mol. The molecule has 26 heavy (non-hydrogen) atoms. The minimum absolute atomic E-state index is 0.285. The van der Waals surface area contributed by atoms with E-state index in [0.29, 0.717) is 6.04 Å². The summed E-state index contributed by atoms with van der Waals surface area (Å²) in [4.78, 5) is 1.53. The van der Waals surface area contributed by atoms with Crippen LogP contribution in [0.2, 0.25) is 0 Å². The van der Waals surface area contributed by atoms with Crippen LogP contribution >= 0.6 is 0 Å². The van der Waals surface area contributed by atoms with Crippen LogP contribution in [0.4, 0.5) is 0 Å². The number of benzene rings is 2. The molecule has 0 amide bonds. The van der Waals surface area contributed by atoms with Gasteiger partial charge in [0.15, 0.2) is 17.5 Å². The number of hydrogen-bond donors (Lipinski definition) is 2. The van der Waals surface area contributed by atoms with Crippen LogP contribution in [0.3, 0.4) is 0 Å². The Morgan fingerprint density at radius 3 is 2.46 bits per heavy atom. The smallest absolute Gasteiger partial charge is 0.166 e. The van der Waals surface area contributed by atoms with Gasteiger partial charge in [0.2, 0.25) is 0 Å². The van der Waals surface area contributed by atoms with E-state index in [-0.39, 0.29) is 6.04 Å². The van der Waals surface area contributed by atoms with Crippen molar-refractivity contribution >= 4 is 0 Å². The van der Waals surface area contributed by atoms with Gasteiger partial charge < -0.3 is 24.8 Å². The molecule has 1 aliphatic rings. The number of methoxy groups -OCH3 is 3. The van der Waals surface area contributed by atoms with Crippen molar-refractivity contribution in [3.8, 4) is 17.2 Å². The van der Waals surface area contributed by atoms with Gasteiger partial charge in [-0.3, -0.25) is 0 Å². The second-order valence-electron chi connectivity index (χ2n) is 7.05. The predicted octanol–water partition coefficient (Wildman–Crippen LogP) is 1.03. The van der Waals surface area contributed by atoms with E-state index in [1.54, 1.807) is 21.3 Å². The molecule has 1 unspecified atom stereocenters. The fraction of sp³-hybridized carbons (Fsp3) is 0.429. The van der Waals surface area contributed by atoms with Crippen LogP contribution in [0.1, 0.15) is 29.7 Å². The lowest BCUT2D eigenvalue weighted by molar-refractivity contribution is -0.957. The Labute approximate surface area is 155 Å². The largest absolute Gasteiger partial charge is 0.497 e. The average Bonchev–Trinajstić information content (AvgIpc) is 2.66. The zero-order valence-corrected chi connectivity index (χ0v) is 16.2. The number of hydrogen-bond acceptors (Lipinski definition) is 3. The highest BCUT2D eigenvalue weighted by Gasteiger charge is 2.36. The van der Waals surface area contributed by atoms with Crippen LogP contribution < -0.4 is 24.8 Å². The van der Waals surface area contributed by atoms with Crippen molar-refractivity contribution in [3.63, 3.8) is 0 Å². The molecule has 2 aromatic rings. The van der Waals surface area contributed by atoms with Crippen LogP contribution in [0.5, 0.6) is 17.2 Å². The first-order valence-electron chi connectivity index (χ1n) is 9.12. The number of fused-ring (bicyclic) bond motifs is 1. The van der Waals surface area contributed by atoms with Crippen molar-refractivity contribution in [3.05, 3.63) is 53.1 Å². The molecule has 2 aromatic carbocycles. The summed E-state index contributed by atoms with van der Waals surface area (Å²) in [7, 11) is 5.09. The summed E-state index contributed by atoms with van der Waals surface area (Å²) in [6, 6.07) is 13.2. The standard InChI is InChI=1S/C21H28N2O3/c1-14(22)21-18-12-20(26-4)19(25-3)11-16(18)8-9-23(21)13-15-6-5-7-17(10-15)24-2/h5-7,10-12,14,21H,8-9,13,22H2,1-4H3/p+2/t14-,21-/m0/s1. The van der Waals surface area contributed by atoms with E-state index in [2.05, 4.69) is 43.0 Å². The van der Waals surface area contributed by atoms with Crippen LogP contribution in [-0.2, 0) is 13.0 Å². The molecule has 5 heteroatoms. The summed E-state index contributed by atoms with van der Waals surface area (Å²) in [5.41, 5.74) is 8.33. The Morgan fingerprint density at radius 2 is 1.81 bits per heavy atom. The molecule has 1 aliphatic heterocycles. The van der Waals surface area contributed by atoms with Crippen LogP contribution in [0.15, 0.2) is 36.4 Å². The third kappa shape index (κ3) is 3.64. The number of ether oxygens (including phenoxy) is 3. The van der Waals surface area contributed by atoms with E-state index in [1.165, 1.54) is 21.6 Å². The molecule has 0 fully saturated rings. The van der Waals surface area contributed by atoms with E-state index in [0.717, 1.165) is 36.8 Å². The van der Waals surface area contributed by atoms with Gasteiger partial charge in [-0.05, 0) is 36.8 Å². The molecule has 0 spiro atoms. The lowest BCUT2D eigenvalue weighted by Crippen LogP contribution is -3.14. The normalized spacial score (nSPS) is 20.2. The van der Waals surface area contributed by atoms with Crippen molar-refractivity contribution in [1.82, 2.24) is 0 Å². The van der Waals surface area contributed by atoms with Crippen LogP contribution in [-0.4, -0.2) is 33.9 Å². The number of quaternary nitrogens is 2. The molecule has 0 saturated carbocycles. The Bertz CT molecular complexity index is 761. The molecular weight excluding hydrogens is 328 g/mol. The van der Waals surface area contributed by atoms with Gasteiger partial charge >= 0.3 is 0 Å². The Kier molecular flexibility index (Phi) is 5.69. The Balaban J connectivity index is 1.94. The molecule has 0 saturated heterocycles. The summed E-state index contributed by atoms with van der Waals surface area (Å²) in [6.07, 6.45) is 1.03. The molecule has 140 valence electrons.